The molecule has 1 saturated heterocycles. The summed E-state index contributed by atoms with van der Waals surface area (Å²) in [7, 11) is 0. The van der Waals surface area contributed by atoms with Crippen molar-refractivity contribution in [2.24, 2.45) is 0 Å². The van der Waals surface area contributed by atoms with Gasteiger partial charge in [-0.25, -0.2) is 9.97 Å². The van der Waals surface area contributed by atoms with E-state index < -0.39 is 0 Å². The molecule has 1 atom stereocenters. The molecule has 0 saturated carbocycles. The van der Waals surface area contributed by atoms with Gasteiger partial charge in [-0.3, -0.25) is 0 Å². The van der Waals surface area contributed by atoms with Crippen LogP contribution in [0.5, 0.6) is 0 Å². The van der Waals surface area contributed by atoms with Crippen LogP contribution in [0.15, 0.2) is 12.4 Å². The van der Waals surface area contributed by atoms with Crippen LogP contribution in [0.3, 0.4) is 0 Å². The van der Waals surface area contributed by atoms with Crippen molar-refractivity contribution in [2.45, 2.75) is 17.7 Å². The number of hydrogen-bond donors (Lipinski definition) is 0. The molecule has 1 aliphatic rings. The second-order valence-electron chi connectivity index (χ2n) is 3.39. The molecule has 0 aromatic carbocycles. The fourth-order valence-electron chi connectivity index (χ4n) is 1.58. The van der Waals surface area contributed by atoms with Crippen LogP contribution >= 0.6 is 38.5 Å². The van der Waals surface area contributed by atoms with Gasteiger partial charge in [0.15, 0.2) is 0 Å². The van der Waals surface area contributed by atoms with Crippen molar-refractivity contribution in [2.75, 3.05) is 18.0 Å². The molecule has 2 heterocycles. The number of halogens is 2. The maximum atomic E-state index is 4.32. The van der Waals surface area contributed by atoms with Gasteiger partial charge in [0.2, 0.25) is 5.95 Å². The molecule has 0 spiro atoms. The van der Waals surface area contributed by atoms with Gasteiger partial charge in [0.25, 0.3) is 0 Å². The number of alkyl halides is 1. The summed E-state index contributed by atoms with van der Waals surface area (Å²) < 4.78 is 1.08. The predicted molar refractivity (Wildman–Crippen MR) is 68.9 cm³/mol. The van der Waals surface area contributed by atoms with Gasteiger partial charge in [0.05, 0.1) is 0 Å². The molecule has 2 rings (SSSR count). The van der Waals surface area contributed by atoms with Crippen molar-refractivity contribution in [1.29, 1.82) is 0 Å². The molecule has 14 heavy (non-hydrogen) atoms. The van der Waals surface area contributed by atoms with Crippen LogP contribution in [0.1, 0.15) is 12.8 Å². The summed E-state index contributed by atoms with van der Waals surface area (Å²) in [5.74, 6) is 0.856. The molecule has 0 bridgehead atoms. The number of hydrogen-bond acceptors (Lipinski definition) is 3. The van der Waals surface area contributed by atoms with E-state index in [1.165, 1.54) is 12.8 Å². The first-order valence-corrected chi connectivity index (χ1v) is 6.62. The molecule has 3 nitrogen and oxygen atoms in total. The Bertz CT molecular complexity index is 303. The Morgan fingerprint density at radius 1 is 1.43 bits per heavy atom. The lowest BCUT2D eigenvalue weighted by Crippen LogP contribution is -2.36. The standard InChI is InChI=1S/C9H11BrIN3/c10-7-2-1-3-14(6-7)9-12-4-8(11)5-13-9/h4-5,7H,1-3,6H2. The highest BCUT2D eigenvalue weighted by Crippen LogP contribution is 2.20. The molecule has 0 amide bonds. The topological polar surface area (TPSA) is 29.0 Å². The lowest BCUT2D eigenvalue weighted by atomic mass is 10.1. The van der Waals surface area contributed by atoms with Crippen molar-refractivity contribution in [1.82, 2.24) is 9.97 Å². The largest absolute Gasteiger partial charge is 0.340 e. The molecular formula is C9H11BrIN3. The van der Waals surface area contributed by atoms with Gasteiger partial charge in [-0.2, -0.15) is 0 Å². The second-order valence-corrected chi connectivity index (χ2v) is 5.93. The van der Waals surface area contributed by atoms with Gasteiger partial charge in [0, 0.05) is 33.9 Å². The summed E-state index contributed by atoms with van der Waals surface area (Å²) in [6.45, 7) is 2.09. The van der Waals surface area contributed by atoms with E-state index in [9.17, 15) is 0 Å². The Kier molecular flexibility index (Phi) is 3.59. The number of rotatable bonds is 1. The van der Waals surface area contributed by atoms with Crippen LogP contribution in [-0.4, -0.2) is 27.9 Å². The molecule has 1 aliphatic heterocycles. The number of nitrogens with zero attached hydrogens (tertiary/aromatic N) is 3. The highest BCUT2D eigenvalue weighted by Gasteiger charge is 2.19. The molecule has 0 N–H and O–H groups in total. The molecule has 76 valence electrons. The minimum absolute atomic E-state index is 0.583. The van der Waals surface area contributed by atoms with Gasteiger partial charge < -0.3 is 4.90 Å². The quantitative estimate of drug-likeness (QED) is 0.564. The summed E-state index contributed by atoms with van der Waals surface area (Å²) >= 11 is 5.86. The van der Waals surface area contributed by atoms with E-state index in [4.69, 9.17) is 0 Å². The normalized spacial score (nSPS) is 22.4. The summed E-state index contributed by atoms with van der Waals surface area (Å²) in [6, 6.07) is 0. The van der Waals surface area contributed by atoms with Crippen molar-refractivity contribution in [3.63, 3.8) is 0 Å². The maximum Gasteiger partial charge on any atom is 0.225 e. The summed E-state index contributed by atoms with van der Waals surface area (Å²) in [5, 5.41) is 0. The zero-order valence-corrected chi connectivity index (χ0v) is 11.4. The molecular weight excluding hydrogens is 357 g/mol. The Hall–Kier alpha value is 0.0900. The zero-order valence-electron chi connectivity index (χ0n) is 7.66. The van der Waals surface area contributed by atoms with Gasteiger partial charge in [-0.05, 0) is 35.4 Å². The third kappa shape index (κ3) is 2.56. The molecule has 1 aromatic rings. The van der Waals surface area contributed by atoms with E-state index in [1.54, 1.807) is 0 Å². The third-order valence-corrected chi connectivity index (χ3v) is 3.56. The van der Waals surface area contributed by atoms with Gasteiger partial charge in [0.1, 0.15) is 0 Å². The molecule has 1 aromatic heterocycles. The first kappa shape index (κ1) is 10.6. The molecule has 5 heteroatoms. The second kappa shape index (κ2) is 4.74. The van der Waals surface area contributed by atoms with E-state index in [2.05, 4.69) is 53.4 Å². The van der Waals surface area contributed by atoms with E-state index in [-0.39, 0.29) is 0 Å². The first-order chi connectivity index (χ1) is 6.75. The molecule has 1 unspecified atom stereocenters. The third-order valence-electron chi connectivity index (χ3n) is 2.25. The number of anilines is 1. The minimum Gasteiger partial charge on any atom is -0.340 e. The average Bonchev–Trinajstić information content (AvgIpc) is 2.19. The predicted octanol–water partition coefficient (Wildman–Crippen LogP) is 2.44. The van der Waals surface area contributed by atoms with Crippen LogP contribution < -0.4 is 4.90 Å². The molecule has 0 aliphatic carbocycles. The van der Waals surface area contributed by atoms with E-state index in [0.717, 1.165) is 22.6 Å². The van der Waals surface area contributed by atoms with E-state index >= 15 is 0 Å². The minimum atomic E-state index is 0.583. The summed E-state index contributed by atoms with van der Waals surface area (Å²) in [5.41, 5.74) is 0. The van der Waals surface area contributed by atoms with Crippen molar-refractivity contribution >= 4 is 44.5 Å². The maximum absolute atomic E-state index is 4.32. The Balaban J connectivity index is 2.10. The SMILES string of the molecule is BrC1CCCN(c2ncc(I)cn2)C1. The van der Waals surface area contributed by atoms with Crippen LogP contribution in [0, 0.1) is 3.57 Å². The van der Waals surface area contributed by atoms with Gasteiger partial charge in [-0.1, -0.05) is 15.9 Å². The smallest absolute Gasteiger partial charge is 0.225 e. The first-order valence-electron chi connectivity index (χ1n) is 4.62. The van der Waals surface area contributed by atoms with Crippen LogP contribution in [0.2, 0.25) is 0 Å². The summed E-state index contributed by atoms with van der Waals surface area (Å²) in [4.78, 5) is 11.5. The van der Waals surface area contributed by atoms with Crippen LogP contribution in [0.25, 0.3) is 0 Å². The fourth-order valence-corrected chi connectivity index (χ4v) is 2.53. The Morgan fingerprint density at radius 3 is 2.79 bits per heavy atom. The van der Waals surface area contributed by atoms with Crippen molar-refractivity contribution in [3.05, 3.63) is 16.0 Å². The number of piperidine rings is 1. The van der Waals surface area contributed by atoms with E-state index in [0.29, 0.717) is 4.83 Å². The van der Waals surface area contributed by atoms with Crippen LogP contribution in [0.4, 0.5) is 5.95 Å². The fraction of sp³-hybridized carbons (Fsp3) is 0.556. The highest BCUT2D eigenvalue weighted by atomic mass is 127. The lowest BCUT2D eigenvalue weighted by Gasteiger charge is -2.29. The van der Waals surface area contributed by atoms with Crippen LogP contribution in [-0.2, 0) is 0 Å². The monoisotopic (exact) mass is 367 g/mol. The van der Waals surface area contributed by atoms with Gasteiger partial charge in [-0.15, -0.1) is 0 Å². The average molecular weight is 368 g/mol. The van der Waals surface area contributed by atoms with Gasteiger partial charge >= 0.3 is 0 Å². The van der Waals surface area contributed by atoms with Crippen molar-refractivity contribution < 1.29 is 0 Å². The number of aromatic nitrogens is 2. The highest BCUT2D eigenvalue weighted by molar-refractivity contribution is 14.1. The lowest BCUT2D eigenvalue weighted by molar-refractivity contribution is 0.585. The van der Waals surface area contributed by atoms with E-state index in [1.807, 2.05) is 12.4 Å². The molecule has 1 fully saturated rings. The Morgan fingerprint density at radius 2 is 2.14 bits per heavy atom. The molecule has 0 radical (unpaired) electrons. The zero-order chi connectivity index (χ0) is 9.97. The summed E-state index contributed by atoms with van der Waals surface area (Å²) in [6.07, 6.45) is 6.19. The van der Waals surface area contributed by atoms with Crippen molar-refractivity contribution in [3.8, 4) is 0 Å². The Labute approximate surface area is 106 Å².